The average molecular weight is 276 g/mol. The van der Waals surface area contributed by atoms with E-state index < -0.39 is 4.32 Å². The first-order valence-electron chi connectivity index (χ1n) is 6.00. The molecule has 0 heterocycles. The SMILES string of the molecule is CC(C)(Br)C(=O)NC1CCCCCCC1. The first-order chi connectivity index (χ1) is 7.00. The average Bonchev–Trinajstić information content (AvgIpc) is 2.07. The van der Waals surface area contributed by atoms with E-state index in [4.69, 9.17) is 0 Å². The Bertz CT molecular complexity index is 202. The largest absolute Gasteiger partial charge is 0.352 e. The number of halogens is 1. The van der Waals surface area contributed by atoms with Gasteiger partial charge in [-0.1, -0.05) is 48.0 Å². The maximum absolute atomic E-state index is 11.8. The van der Waals surface area contributed by atoms with Crippen molar-refractivity contribution in [1.29, 1.82) is 0 Å². The van der Waals surface area contributed by atoms with Gasteiger partial charge < -0.3 is 5.32 Å². The van der Waals surface area contributed by atoms with E-state index in [1.165, 1.54) is 32.1 Å². The Morgan fingerprint density at radius 3 is 2.07 bits per heavy atom. The highest BCUT2D eigenvalue weighted by atomic mass is 79.9. The summed E-state index contributed by atoms with van der Waals surface area (Å²) in [6.45, 7) is 3.79. The molecule has 1 fully saturated rings. The van der Waals surface area contributed by atoms with Crippen LogP contribution in [0.25, 0.3) is 0 Å². The van der Waals surface area contributed by atoms with E-state index in [0.717, 1.165) is 12.8 Å². The Morgan fingerprint density at radius 1 is 1.13 bits per heavy atom. The minimum Gasteiger partial charge on any atom is -0.352 e. The van der Waals surface area contributed by atoms with E-state index in [1.807, 2.05) is 13.8 Å². The summed E-state index contributed by atoms with van der Waals surface area (Å²) in [7, 11) is 0. The van der Waals surface area contributed by atoms with E-state index in [0.29, 0.717) is 6.04 Å². The van der Waals surface area contributed by atoms with Crippen molar-refractivity contribution in [2.45, 2.75) is 69.2 Å². The summed E-state index contributed by atoms with van der Waals surface area (Å²) in [5.74, 6) is 0.119. The molecule has 1 N–H and O–H groups in total. The van der Waals surface area contributed by atoms with Gasteiger partial charge >= 0.3 is 0 Å². The van der Waals surface area contributed by atoms with E-state index in [-0.39, 0.29) is 5.91 Å². The van der Waals surface area contributed by atoms with E-state index in [1.54, 1.807) is 0 Å². The number of hydrogen-bond acceptors (Lipinski definition) is 1. The first-order valence-corrected chi connectivity index (χ1v) is 6.79. The van der Waals surface area contributed by atoms with Gasteiger partial charge in [0, 0.05) is 6.04 Å². The highest BCUT2D eigenvalue weighted by Crippen LogP contribution is 2.20. The van der Waals surface area contributed by atoms with Gasteiger partial charge in [-0.05, 0) is 26.7 Å². The molecular formula is C12H22BrNO. The van der Waals surface area contributed by atoms with Crippen LogP contribution >= 0.6 is 15.9 Å². The summed E-state index contributed by atoms with van der Waals surface area (Å²) < 4.78 is -0.435. The molecule has 1 aliphatic carbocycles. The molecule has 0 saturated heterocycles. The minimum atomic E-state index is -0.435. The van der Waals surface area contributed by atoms with E-state index in [2.05, 4.69) is 21.2 Å². The number of amides is 1. The Morgan fingerprint density at radius 2 is 1.60 bits per heavy atom. The molecule has 0 atom stereocenters. The van der Waals surface area contributed by atoms with Crippen molar-refractivity contribution in [3.05, 3.63) is 0 Å². The van der Waals surface area contributed by atoms with Crippen LogP contribution in [0.4, 0.5) is 0 Å². The zero-order valence-electron chi connectivity index (χ0n) is 9.81. The lowest BCUT2D eigenvalue weighted by Crippen LogP contribution is -2.43. The molecule has 0 spiro atoms. The molecule has 1 rings (SSSR count). The lowest BCUT2D eigenvalue weighted by atomic mass is 9.96. The third-order valence-corrected chi connectivity index (χ3v) is 3.34. The first kappa shape index (κ1) is 13.0. The molecule has 0 aromatic carbocycles. The van der Waals surface area contributed by atoms with Crippen LogP contribution in [0.15, 0.2) is 0 Å². The lowest BCUT2D eigenvalue weighted by Gasteiger charge is -2.24. The van der Waals surface area contributed by atoms with Gasteiger partial charge in [0.05, 0.1) is 4.32 Å². The van der Waals surface area contributed by atoms with Crippen molar-refractivity contribution in [3.8, 4) is 0 Å². The fourth-order valence-electron chi connectivity index (χ4n) is 1.96. The van der Waals surface area contributed by atoms with Crippen LogP contribution in [0.5, 0.6) is 0 Å². The Hall–Kier alpha value is -0.0500. The number of hydrogen-bond donors (Lipinski definition) is 1. The Balaban J connectivity index is 2.38. The number of alkyl halides is 1. The van der Waals surface area contributed by atoms with Crippen molar-refractivity contribution < 1.29 is 4.79 Å². The second-order valence-corrected chi connectivity index (χ2v) is 6.97. The number of nitrogens with one attached hydrogen (secondary N) is 1. The zero-order chi connectivity index (χ0) is 11.3. The molecule has 0 aromatic heterocycles. The Kier molecular flexibility index (Phi) is 5.10. The molecule has 1 amide bonds. The summed E-state index contributed by atoms with van der Waals surface area (Å²) in [5, 5.41) is 3.14. The van der Waals surface area contributed by atoms with Crippen LogP contribution < -0.4 is 5.32 Å². The summed E-state index contributed by atoms with van der Waals surface area (Å²) in [6, 6.07) is 0.398. The molecule has 0 bridgehead atoms. The van der Waals surface area contributed by atoms with Gasteiger partial charge in [-0.2, -0.15) is 0 Å². The molecule has 0 aromatic rings. The van der Waals surface area contributed by atoms with Gasteiger partial charge in [0.15, 0.2) is 0 Å². The maximum atomic E-state index is 11.8. The van der Waals surface area contributed by atoms with Crippen LogP contribution in [-0.4, -0.2) is 16.3 Å². The monoisotopic (exact) mass is 275 g/mol. The van der Waals surface area contributed by atoms with Crippen molar-refractivity contribution in [1.82, 2.24) is 5.32 Å². The topological polar surface area (TPSA) is 29.1 Å². The molecule has 3 heteroatoms. The van der Waals surface area contributed by atoms with E-state index >= 15 is 0 Å². The van der Waals surface area contributed by atoms with Crippen LogP contribution in [0.1, 0.15) is 58.8 Å². The summed E-state index contributed by atoms with van der Waals surface area (Å²) in [5.41, 5.74) is 0. The van der Waals surface area contributed by atoms with Crippen LogP contribution in [0.3, 0.4) is 0 Å². The molecular weight excluding hydrogens is 254 g/mol. The quantitative estimate of drug-likeness (QED) is 0.770. The number of carbonyl (C=O) groups excluding carboxylic acids is 1. The fourth-order valence-corrected chi connectivity index (χ4v) is 2.07. The molecule has 0 unspecified atom stereocenters. The molecule has 1 aliphatic rings. The van der Waals surface area contributed by atoms with Crippen LogP contribution in [0.2, 0.25) is 0 Å². The van der Waals surface area contributed by atoms with Crippen molar-refractivity contribution in [3.63, 3.8) is 0 Å². The molecule has 88 valence electrons. The van der Waals surface area contributed by atoms with Crippen LogP contribution in [0, 0.1) is 0 Å². The highest BCUT2D eigenvalue weighted by molar-refractivity contribution is 9.10. The van der Waals surface area contributed by atoms with Crippen LogP contribution in [-0.2, 0) is 4.79 Å². The predicted molar refractivity (Wildman–Crippen MR) is 67.3 cm³/mol. The summed E-state index contributed by atoms with van der Waals surface area (Å²) in [6.07, 6.45) is 8.82. The normalized spacial score (nSPS) is 20.5. The van der Waals surface area contributed by atoms with Crippen molar-refractivity contribution in [2.75, 3.05) is 0 Å². The van der Waals surface area contributed by atoms with E-state index in [9.17, 15) is 4.79 Å². The molecule has 15 heavy (non-hydrogen) atoms. The second-order valence-electron chi connectivity index (χ2n) is 4.99. The molecule has 2 nitrogen and oxygen atoms in total. The second kappa shape index (κ2) is 5.88. The van der Waals surface area contributed by atoms with Gasteiger partial charge in [-0.25, -0.2) is 0 Å². The third kappa shape index (κ3) is 5.01. The standard InChI is InChI=1S/C12H22BrNO/c1-12(2,13)11(15)14-10-8-6-4-3-5-7-9-10/h10H,3-9H2,1-2H3,(H,14,15). The predicted octanol–water partition coefficient (Wildman–Crippen LogP) is 3.39. The van der Waals surface area contributed by atoms with Crippen molar-refractivity contribution in [2.24, 2.45) is 0 Å². The zero-order valence-corrected chi connectivity index (χ0v) is 11.4. The Labute approximate surface area is 101 Å². The lowest BCUT2D eigenvalue weighted by molar-refractivity contribution is -0.123. The maximum Gasteiger partial charge on any atom is 0.236 e. The molecule has 1 saturated carbocycles. The smallest absolute Gasteiger partial charge is 0.236 e. The molecule has 0 aliphatic heterocycles. The van der Waals surface area contributed by atoms with Gasteiger partial charge in [-0.15, -0.1) is 0 Å². The summed E-state index contributed by atoms with van der Waals surface area (Å²) >= 11 is 3.39. The highest BCUT2D eigenvalue weighted by Gasteiger charge is 2.25. The number of rotatable bonds is 2. The third-order valence-electron chi connectivity index (χ3n) is 2.98. The van der Waals surface area contributed by atoms with Gasteiger partial charge in [0.25, 0.3) is 0 Å². The van der Waals surface area contributed by atoms with Crippen molar-refractivity contribution >= 4 is 21.8 Å². The summed E-state index contributed by atoms with van der Waals surface area (Å²) in [4.78, 5) is 11.8. The molecule has 0 radical (unpaired) electrons. The van der Waals surface area contributed by atoms with Gasteiger partial charge in [-0.3, -0.25) is 4.79 Å². The fraction of sp³-hybridized carbons (Fsp3) is 0.917. The minimum absolute atomic E-state index is 0.119. The number of carbonyl (C=O) groups is 1. The van der Waals surface area contributed by atoms with Gasteiger partial charge in [0.2, 0.25) is 5.91 Å². The van der Waals surface area contributed by atoms with Gasteiger partial charge in [0.1, 0.15) is 0 Å².